The summed E-state index contributed by atoms with van der Waals surface area (Å²) in [4.78, 5) is 26.0. The summed E-state index contributed by atoms with van der Waals surface area (Å²) in [6, 6.07) is 4.91. The fourth-order valence-electron chi connectivity index (χ4n) is 2.70. The topological polar surface area (TPSA) is 77.1 Å². The third-order valence-corrected chi connectivity index (χ3v) is 3.93. The number of likely N-dealkylation sites (tertiary alicyclic amines) is 1. The number of ether oxygens (including phenoxy) is 3. The van der Waals surface area contributed by atoms with E-state index in [1.54, 1.807) is 44.2 Å². The highest BCUT2D eigenvalue weighted by molar-refractivity contribution is 5.90. The molecule has 1 saturated heterocycles. The highest BCUT2D eigenvalue weighted by Gasteiger charge is 2.29. The van der Waals surface area contributed by atoms with Gasteiger partial charge in [-0.3, -0.25) is 4.79 Å². The van der Waals surface area contributed by atoms with Crippen molar-refractivity contribution in [1.29, 1.82) is 0 Å². The van der Waals surface area contributed by atoms with Crippen LogP contribution in [-0.4, -0.2) is 50.8 Å². The molecule has 1 atom stereocenters. The van der Waals surface area contributed by atoms with Crippen LogP contribution in [-0.2, 0) is 9.53 Å². The zero-order valence-corrected chi connectivity index (χ0v) is 14.3. The van der Waals surface area contributed by atoms with Gasteiger partial charge in [0.2, 0.25) is 0 Å². The molecule has 1 aliphatic rings. The zero-order valence-electron chi connectivity index (χ0n) is 14.3. The van der Waals surface area contributed by atoms with Crippen LogP contribution >= 0.6 is 0 Å². The lowest BCUT2D eigenvalue weighted by molar-refractivity contribution is -0.149. The highest BCUT2D eigenvalue weighted by Crippen LogP contribution is 2.26. The van der Waals surface area contributed by atoms with Gasteiger partial charge in [-0.2, -0.15) is 0 Å². The first-order valence-corrected chi connectivity index (χ1v) is 8.03. The van der Waals surface area contributed by atoms with Crippen LogP contribution < -0.4 is 14.8 Å². The lowest BCUT2D eigenvalue weighted by atomic mass is 9.98. The van der Waals surface area contributed by atoms with Crippen molar-refractivity contribution in [3.8, 4) is 11.5 Å². The van der Waals surface area contributed by atoms with E-state index in [-0.39, 0.29) is 17.9 Å². The van der Waals surface area contributed by atoms with Gasteiger partial charge in [0.15, 0.2) is 0 Å². The van der Waals surface area contributed by atoms with Gasteiger partial charge in [-0.15, -0.1) is 0 Å². The molecule has 24 heavy (non-hydrogen) atoms. The Morgan fingerprint density at radius 2 is 1.88 bits per heavy atom. The molecule has 0 aromatic heterocycles. The van der Waals surface area contributed by atoms with Gasteiger partial charge in [0, 0.05) is 37.0 Å². The number of esters is 1. The van der Waals surface area contributed by atoms with E-state index < -0.39 is 0 Å². The SMILES string of the molecule is CCOC(=O)[C@H]1CCCN(C(=O)Nc2cc(OC)cc(OC)c2)C1. The van der Waals surface area contributed by atoms with Crippen molar-refractivity contribution in [3.63, 3.8) is 0 Å². The Labute approximate surface area is 141 Å². The maximum absolute atomic E-state index is 12.5. The minimum atomic E-state index is -0.260. The van der Waals surface area contributed by atoms with Crippen LogP contribution in [0.15, 0.2) is 18.2 Å². The Morgan fingerprint density at radius 1 is 1.21 bits per heavy atom. The van der Waals surface area contributed by atoms with E-state index in [9.17, 15) is 9.59 Å². The maximum Gasteiger partial charge on any atom is 0.321 e. The van der Waals surface area contributed by atoms with Crippen LogP contribution in [0.2, 0.25) is 0 Å². The lowest BCUT2D eigenvalue weighted by Crippen LogP contribution is -2.44. The predicted molar refractivity (Wildman–Crippen MR) is 89.5 cm³/mol. The van der Waals surface area contributed by atoms with Gasteiger partial charge in [-0.25, -0.2) is 4.79 Å². The zero-order chi connectivity index (χ0) is 17.5. The molecule has 1 aromatic rings. The van der Waals surface area contributed by atoms with Crippen LogP contribution in [0.5, 0.6) is 11.5 Å². The molecular weight excluding hydrogens is 312 g/mol. The first kappa shape index (κ1) is 17.9. The third kappa shape index (κ3) is 4.53. The van der Waals surface area contributed by atoms with Gasteiger partial charge < -0.3 is 24.4 Å². The van der Waals surface area contributed by atoms with Gasteiger partial charge >= 0.3 is 12.0 Å². The standard InChI is InChI=1S/C17H24N2O5/c1-4-24-16(20)12-6-5-7-19(11-12)17(21)18-13-8-14(22-2)10-15(9-13)23-3/h8-10,12H,4-7,11H2,1-3H3,(H,18,21)/t12-/m0/s1. The minimum absolute atomic E-state index is 0.238. The number of carbonyl (C=O) groups excluding carboxylic acids is 2. The summed E-state index contributed by atoms with van der Waals surface area (Å²) in [5.74, 6) is 0.683. The molecule has 0 bridgehead atoms. The van der Waals surface area contributed by atoms with Crippen molar-refractivity contribution < 1.29 is 23.8 Å². The molecule has 7 nitrogen and oxygen atoms in total. The Morgan fingerprint density at radius 3 is 2.46 bits per heavy atom. The first-order valence-electron chi connectivity index (χ1n) is 8.03. The number of amides is 2. The summed E-state index contributed by atoms with van der Waals surface area (Å²) in [7, 11) is 3.10. The van der Waals surface area contributed by atoms with Gasteiger partial charge in [0.25, 0.3) is 0 Å². The van der Waals surface area contributed by atoms with Crippen molar-refractivity contribution in [1.82, 2.24) is 4.90 Å². The molecule has 1 aliphatic heterocycles. The van der Waals surface area contributed by atoms with E-state index in [2.05, 4.69) is 5.32 Å². The van der Waals surface area contributed by atoms with E-state index in [4.69, 9.17) is 14.2 Å². The molecule has 132 valence electrons. The Bertz CT molecular complexity index is 568. The molecule has 1 heterocycles. The number of carbonyl (C=O) groups is 2. The number of hydrogen-bond donors (Lipinski definition) is 1. The molecule has 0 unspecified atom stereocenters. The second-order valence-electron chi connectivity index (χ2n) is 5.57. The monoisotopic (exact) mass is 336 g/mol. The maximum atomic E-state index is 12.5. The van der Waals surface area contributed by atoms with Crippen LogP contribution in [0.25, 0.3) is 0 Å². The van der Waals surface area contributed by atoms with E-state index in [1.807, 2.05) is 0 Å². The van der Waals surface area contributed by atoms with Crippen molar-refractivity contribution in [2.75, 3.05) is 39.2 Å². The molecule has 7 heteroatoms. The fraction of sp³-hybridized carbons (Fsp3) is 0.529. The van der Waals surface area contributed by atoms with Gasteiger partial charge in [-0.1, -0.05) is 0 Å². The molecule has 1 aromatic carbocycles. The van der Waals surface area contributed by atoms with Crippen LogP contribution in [0.1, 0.15) is 19.8 Å². The molecule has 1 fully saturated rings. The predicted octanol–water partition coefficient (Wildman–Crippen LogP) is 2.51. The molecule has 0 aliphatic carbocycles. The Kier molecular flexibility index (Phi) is 6.28. The van der Waals surface area contributed by atoms with Gasteiger partial charge in [0.05, 0.1) is 26.7 Å². The van der Waals surface area contributed by atoms with Crippen LogP contribution in [0.4, 0.5) is 10.5 Å². The van der Waals surface area contributed by atoms with Crippen molar-refractivity contribution in [3.05, 3.63) is 18.2 Å². The molecule has 0 spiro atoms. The average molecular weight is 336 g/mol. The van der Waals surface area contributed by atoms with Crippen LogP contribution in [0, 0.1) is 5.92 Å². The first-order chi connectivity index (χ1) is 11.6. The summed E-state index contributed by atoms with van der Waals surface area (Å²) >= 11 is 0. The normalized spacial score (nSPS) is 17.1. The number of piperidine rings is 1. The summed E-state index contributed by atoms with van der Waals surface area (Å²) in [6.45, 7) is 3.11. The number of nitrogens with one attached hydrogen (secondary N) is 1. The number of urea groups is 1. The summed E-state index contributed by atoms with van der Waals surface area (Å²) in [5.41, 5.74) is 0.578. The molecule has 2 amide bonds. The van der Waals surface area contributed by atoms with E-state index >= 15 is 0 Å². The molecule has 0 radical (unpaired) electrons. The number of rotatable bonds is 5. The molecular formula is C17H24N2O5. The number of nitrogens with zero attached hydrogens (tertiary/aromatic N) is 1. The van der Waals surface area contributed by atoms with Crippen molar-refractivity contribution >= 4 is 17.7 Å². The quantitative estimate of drug-likeness (QED) is 0.836. The van der Waals surface area contributed by atoms with Crippen molar-refractivity contribution in [2.24, 2.45) is 5.92 Å². The van der Waals surface area contributed by atoms with Gasteiger partial charge in [-0.05, 0) is 19.8 Å². The van der Waals surface area contributed by atoms with Crippen LogP contribution in [0.3, 0.4) is 0 Å². The number of methoxy groups -OCH3 is 2. The largest absolute Gasteiger partial charge is 0.497 e. The Hall–Kier alpha value is -2.44. The summed E-state index contributed by atoms with van der Waals surface area (Å²) in [5, 5.41) is 2.83. The van der Waals surface area contributed by atoms with E-state index in [0.29, 0.717) is 36.9 Å². The molecule has 0 saturated carbocycles. The smallest absolute Gasteiger partial charge is 0.321 e. The van der Waals surface area contributed by atoms with Crippen molar-refractivity contribution in [2.45, 2.75) is 19.8 Å². The number of hydrogen-bond acceptors (Lipinski definition) is 5. The lowest BCUT2D eigenvalue weighted by Gasteiger charge is -2.31. The molecule has 1 N–H and O–H groups in total. The second-order valence-corrected chi connectivity index (χ2v) is 5.57. The number of anilines is 1. The Balaban J connectivity index is 2.02. The summed E-state index contributed by atoms with van der Waals surface area (Å²) in [6.07, 6.45) is 1.52. The molecule has 2 rings (SSSR count). The highest BCUT2D eigenvalue weighted by atomic mass is 16.5. The second kappa shape index (κ2) is 8.42. The van der Waals surface area contributed by atoms with Gasteiger partial charge in [0.1, 0.15) is 11.5 Å². The fourth-order valence-corrected chi connectivity index (χ4v) is 2.70. The minimum Gasteiger partial charge on any atom is -0.497 e. The number of benzene rings is 1. The third-order valence-electron chi connectivity index (χ3n) is 3.93. The summed E-state index contributed by atoms with van der Waals surface area (Å²) < 4.78 is 15.4. The van der Waals surface area contributed by atoms with E-state index in [1.165, 1.54) is 0 Å². The van der Waals surface area contributed by atoms with E-state index in [0.717, 1.165) is 12.8 Å². The average Bonchev–Trinajstić information content (AvgIpc) is 2.61.